The van der Waals surface area contributed by atoms with E-state index in [-0.39, 0.29) is 0 Å². The molecule has 0 rings (SSSR count). The molecule has 0 saturated heterocycles. The molecule has 0 amide bonds. The minimum atomic E-state index is -4.23. The maximum atomic E-state index is 11.8. The van der Waals surface area contributed by atoms with Crippen molar-refractivity contribution in [2.45, 2.75) is 20.0 Å². The molecule has 1 nitrogen and oxygen atoms in total. The van der Waals surface area contributed by atoms with Gasteiger partial charge >= 0.3 is 6.18 Å². The zero-order valence-electron chi connectivity index (χ0n) is 6.66. The minimum Gasteiger partial charge on any atom is -0.293 e. The first-order chi connectivity index (χ1) is 4.88. The van der Waals surface area contributed by atoms with Gasteiger partial charge in [-0.2, -0.15) is 13.2 Å². The van der Waals surface area contributed by atoms with Crippen molar-refractivity contribution in [3.05, 3.63) is 11.6 Å². The van der Waals surface area contributed by atoms with E-state index in [2.05, 4.69) is 4.99 Å². The van der Waals surface area contributed by atoms with Crippen molar-refractivity contribution in [3.63, 3.8) is 0 Å². The van der Waals surface area contributed by atoms with Crippen LogP contribution in [-0.4, -0.2) is 18.9 Å². The van der Waals surface area contributed by atoms with Crippen molar-refractivity contribution < 1.29 is 13.2 Å². The third-order valence-electron chi connectivity index (χ3n) is 1.23. The van der Waals surface area contributed by atoms with Crippen molar-refractivity contribution in [3.8, 4) is 0 Å². The molecule has 0 unspecified atom stereocenters. The van der Waals surface area contributed by atoms with Gasteiger partial charge in [0.2, 0.25) is 0 Å². The highest BCUT2D eigenvalue weighted by Crippen LogP contribution is 2.24. The van der Waals surface area contributed by atoms with Crippen LogP contribution in [-0.2, 0) is 0 Å². The fourth-order valence-corrected chi connectivity index (χ4v) is 0.460. The lowest BCUT2D eigenvalue weighted by Crippen LogP contribution is -2.10. The highest BCUT2D eigenvalue weighted by Gasteiger charge is 2.29. The molecule has 0 saturated carbocycles. The van der Waals surface area contributed by atoms with Crippen molar-refractivity contribution in [1.82, 2.24) is 0 Å². The summed E-state index contributed by atoms with van der Waals surface area (Å²) in [6.45, 7) is 2.55. The Morgan fingerprint density at radius 3 is 2.00 bits per heavy atom. The molecular formula is C7H10F3N. The Kier molecular flexibility index (Phi) is 3.29. The van der Waals surface area contributed by atoms with Gasteiger partial charge in [0.25, 0.3) is 0 Å². The molecule has 11 heavy (non-hydrogen) atoms. The monoisotopic (exact) mass is 165 g/mol. The normalized spacial score (nSPS) is 15.5. The second-order valence-electron chi connectivity index (χ2n) is 2.19. The van der Waals surface area contributed by atoms with Gasteiger partial charge in [-0.1, -0.05) is 0 Å². The van der Waals surface area contributed by atoms with Crippen molar-refractivity contribution in [1.29, 1.82) is 0 Å². The van der Waals surface area contributed by atoms with Crippen LogP contribution in [0.1, 0.15) is 13.8 Å². The van der Waals surface area contributed by atoms with Gasteiger partial charge in [-0.15, -0.1) is 0 Å². The first kappa shape index (κ1) is 10.2. The summed E-state index contributed by atoms with van der Waals surface area (Å²) in [5.41, 5.74) is -0.250. The predicted octanol–water partition coefficient (Wildman–Crippen LogP) is 2.59. The van der Waals surface area contributed by atoms with Crippen molar-refractivity contribution >= 4 is 5.71 Å². The van der Waals surface area contributed by atoms with Gasteiger partial charge in [0.05, 0.1) is 0 Å². The Bertz CT molecular complexity index is 188. The van der Waals surface area contributed by atoms with Gasteiger partial charge in [-0.3, -0.25) is 4.99 Å². The standard InChI is InChI=1S/C7H10F3N/c1-5(7(8,9)10)4-6(2)11-3/h4H,1-3H3/b5-4+,11-6?. The van der Waals surface area contributed by atoms with Crippen LogP contribution >= 0.6 is 0 Å². The van der Waals surface area contributed by atoms with E-state index in [9.17, 15) is 13.2 Å². The molecule has 0 N–H and O–H groups in total. The molecule has 0 spiro atoms. The van der Waals surface area contributed by atoms with Gasteiger partial charge < -0.3 is 0 Å². The van der Waals surface area contributed by atoms with Gasteiger partial charge in [-0.25, -0.2) is 0 Å². The Balaban J connectivity index is 4.48. The lowest BCUT2D eigenvalue weighted by Gasteiger charge is -2.05. The van der Waals surface area contributed by atoms with E-state index >= 15 is 0 Å². The fraction of sp³-hybridized carbons (Fsp3) is 0.571. The summed E-state index contributed by atoms with van der Waals surface area (Å²) in [6, 6.07) is 0. The number of hydrogen-bond donors (Lipinski definition) is 0. The zero-order valence-corrected chi connectivity index (χ0v) is 6.66. The molecule has 0 aromatic heterocycles. The topological polar surface area (TPSA) is 12.4 Å². The SMILES string of the molecule is CN=C(C)/C=C(\C)C(F)(F)F. The highest BCUT2D eigenvalue weighted by molar-refractivity contribution is 5.93. The molecule has 0 bridgehead atoms. The average Bonchev–Trinajstić information content (AvgIpc) is 1.85. The Morgan fingerprint density at radius 1 is 1.27 bits per heavy atom. The second-order valence-corrected chi connectivity index (χ2v) is 2.19. The van der Waals surface area contributed by atoms with Gasteiger partial charge in [-0.05, 0) is 19.9 Å². The molecular weight excluding hydrogens is 155 g/mol. The van der Waals surface area contributed by atoms with Crippen molar-refractivity contribution in [2.24, 2.45) is 4.99 Å². The summed E-state index contributed by atoms with van der Waals surface area (Å²) in [7, 11) is 1.45. The molecule has 64 valence electrons. The van der Waals surface area contributed by atoms with Gasteiger partial charge in [0, 0.05) is 18.3 Å². The molecule has 4 heteroatoms. The van der Waals surface area contributed by atoms with E-state index in [1.165, 1.54) is 14.0 Å². The van der Waals surface area contributed by atoms with Gasteiger partial charge in [0.15, 0.2) is 0 Å². The minimum absolute atomic E-state index is 0.375. The van der Waals surface area contributed by atoms with Crippen LogP contribution in [0.5, 0.6) is 0 Å². The van der Waals surface area contributed by atoms with Crippen LogP contribution in [0, 0.1) is 0 Å². The van der Waals surface area contributed by atoms with Crippen LogP contribution in [0.4, 0.5) is 13.2 Å². The van der Waals surface area contributed by atoms with Crippen molar-refractivity contribution in [2.75, 3.05) is 7.05 Å². The largest absolute Gasteiger partial charge is 0.412 e. The number of allylic oxidation sites excluding steroid dienone is 2. The molecule has 0 fully saturated rings. The summed E-state index contributed by atoms with van der Waals surface area (Å²) in [5.74, 6) is 0. The smallest absolute Gasteiger partial charge is 0.293 e. The summed E-state index contributed by atoms with van der Waals surface area (Å²) in [5, 5.41) is 0. The zero-order chi connectivity index (χ0) is 9.07. The van der Waals surface area contributed by atoms with Crippen LogP contribution < -0.4 is 0 Å². The van der Waals surface area contributed by atoms with Crippen LogP contribution in [0.3, 0.4) is 0 Å². The van der Waals surface area contributed by atoms with E-state index in [4.69, 9.17) is 0 Å². The van der Waals surface area contributed by atoms with Gasteiger partial charge in [0.1, 0.15) is 0 Å². The number of rotatable bonds is 1. The molecule has 0 aliphatic rings. The average molecular weight is 165 g/mol. The Morgan fingerprint density at radius 2 is 1.73 bits per heavy atom. The maximum absolute atomic E-state index is 11.8. The lowest BCUT2D eigenvalue weighted by molar-refractivity contribution is -0.0912. The number of aliphatic imine (C=N–C) groups is 1. The fourth-order valence-electron chi connectivity index (χ4n) is 0.460. The lowest BCUT2D eigenvalue weighted by atomic mass is 10.2. The molecule has 0 aliphatic heterocycles. The first-order valence-corrected chi connectivity index (χ1v) is 3.07. The third kappa shape index (κ3) is 3.80. The second kappa shape index (κ2) is 3.55. The quantitative estimate of drug-likeness (QED) is 0.529. The Labute approximate surface area is 63.6 Å². The van der Waals surface area contributed by atoms with E-state index < -0.39 is 11.7 Å². The molecule has 0 heterocycles. The maximum Gasteiger partial charge on any atom is 0.412 e. The molecule has 0 radical (unpaired) electrons. The number of hydrogen-bond acceptors (Lipinski definition) is 1. The van der Waals surface area contributed by atoms with E-state index in [1.54, 1.807) is 0 Å². The highest BCUT2D eigenvalue weighted by atomic mass is 19.4. The predicted molar refractivity (Wildman–Crippen MR) is 38.8 cm³/mol. The van der Waals surface area contributed by atoms with E-state index in [1.807, 2.05) is 0 Å². The van der Waals surface area contributed by atoms with E-state index in [0.29, 0.717) is 5.71 Å². The number of alkyl halides is 3. The summed E-state index contributed by atoms with van der Waals surface area (Å²) >= 11 is 0. The molecule has 0 aliphatic carbocycles. The third-order valence-corrected chi connectivity index (χ3v) is 1.23. The summed E-state index contributed by atoms with van der Waals surface area (Å²) < 4.78 is 35.5. The van der Waals surface area contributed by atoms with Crippen LogP contribution in [0.15, 0.2) is 16.6 Å². The number of halogens is 3. The number of nitrogens with zero attached hydrogens (tertiary/aromatic N) is 1. The van der Waals surface area contributed by atoms with Crippen LogP contribution in [0.25, 0.3) is 0 Å². The molecule has 0 aromatic carbocycles. The molecule has 0 atom stereocenters. The van der Waals surface area contributed by atoms with Crippen LogP contribution in [0.2, 0.25) is 0 Å². The molecule has 0 aromatic rings. The van der Waals surface area contributed by atoms with E-state index in [0.717, 1.165) is 13.0 Å². The first-order valence-electron chi connectivity index (χ1n) is 3.07. The summed E-state index contributed by atoms with van der Waals surface area (Å²) in [6.07, 6.45) is -3.22. The summed E-state index contributed by atoms with van der Waals surface area (Å²) in [4.78, 5) is 3.58. The Hall–Kier alpha value is -0.800.